The highest BCUT2D eigenvalue weighted by Gasteiger charge is 2.44. The van der Waals surface area contributed by atoms with E-state index in [2.05, 4.69) is 43.5 Å². The van der Waals surface area contributed by atoms with Crippen LogP contribution in [0.25, 0.3) is 0 Å². The van der Waals surface area contributed by atoms with E-state index < -0.39 is 74.2 Å². The fraction of sp³-hybridized carbons (Fsp3) is 0.911. The SMILES string of the molecule is CCCCCCCCCCCCC/C=C\C/C=C\CCCCCCCCCCCCCCCCCCC(O)C(=O)NC(COC1OC(CO)C(O)C(O)C1O)C(O)C(O)CCCCCCCC. The minimum atomic E-state index is -1.66. The molecule has 1 rings (SSSR count). The molecule has 1 heterocycles. The molecule has 0 saturated carbocycles. The van der Waals surface area contributed by atoms with Crippen molar-refractivity contribution in [1.82, 2.24) is 5.32 Å². The monoisotopic (exact) mass is 954 g/mol. The van der Waals surface area contributed by atoms with Gasteiger partial charge in [0.2, 0.25) is 5.91 Å². The van der Waals surface area contributed by atoms with Gasteiger partial charge in [-0.1, -0.05) is 237 Å². The second kappa shape index (κ2) is 45.7. The third-order valence-electron chi connectivity index (χ3n) is 13.8. The molecule has 1 aliphatic rings. The molecule has 396 valence electrons. The number of ether oxygens (including phenoxy) is 2. The fourth-order valence-electron chi connectivity index (χ4n) is 9.12. The van der Waals surface area contributed by atoms with E-state index in [9.17, 15) is 40.5 Å². The van der Waals surface area contributed by atoms with Gasteiger partial charge in [0.25, 0.3) is 0 Å². The van der Waals surface area contributed by atoms with Crippen LogP contribution >= 0.6 is 0 Å². The van der Waals surface area contributed by atoms with Gasteiger partial charge < -0.3 is 50.5 Å². The molecular formula is C56H107NO10. The Morgan fingerprint density at radius 2 is 0.910 bits per heavy atom. The highest BCUT2D eigenvalue weighted by molar-refractivity contribution is 5.80. The van der Waals surface area contributed by atoms with Crippen LogP contribution < -0.4 is 5.32 Å². The second-order valence-corrected chi connectivity index (χ2v) is 20.0. The third-order valence-corrected chi connectivity index (χ3v) is 13.8. The zero-order chi connectivity index (χ0) is 49.0. The minimum absolute atomic E-state index is 0.261. The van der Waals surface area contributed by atoms with Crippen LogP contribution in [0.3, 0.4) is 0 Å². The van der Waals surface area contributed by atoms with Gasteiger partial charge >= 0.3 is 0 Å². The standard InChI is InChI=1S/C56H107NO10/c1-3-5-7-9-11-12-13-14-15-16-17-18-19-20-21-22-23-24-25-26-27-28-29-30-31-32-33-34-35-36-37-38-40-42-44-49(60)55(65)57-47(51(61)48(59)43-41-39-10-8-6-4-2)46-66-56-54(64)53(63)52(62)50(45-58)67-56/h19-20,22-23,47-54,56,58-64H,3-18,21,24-46H2,1-2H3,(H,57,65)/b20-19-,23-22-. The number of rotatable bonds is 48. The molecule has 1 saturated heterocycles. The van der Waals surface area contributed by atoms with E-state index in [1.807, 2.05) is 0 Å². The van der Waals surface area contributed by atoms with Crippen LogP contribution in [0.4, 0.5) is 0 Å². The van der Waals surface area contributed by atoms with Gasteiger partial charge in [-0.2, -0.15) is 0 Å². The number of carbonyl (C=O) groups excluding carboxylic acids is 1. The number of hydrogen-bond donors (Lipinski definition) is 8. The molecule has 0 spiro atoms. The number of aliphatic hydroxyl groups excluding tert-OH is 7. The Hall–Kier alpha value is -1.41. The molecule has 11 heteroatoms. The lowest BCUT2D eigenvalue weighted by Crippen LogP contribution is -2.60. The van der Waals surface area contributed by atoms with E-state index in [0.29, 0.717) is 19.3 Å². The van der Waals surface area contributed by atoms with Crippen molar-refractivity contribution < 1.29 is 50.0 Å². The van der Waals surface area contributed by atoms with Gasteiger partial charge in [0.15, 0.2) is 6.29 Å². The maximum absolute atomic E-state index is 13.1. The Balaban J connectivity index is 2.09. The van der Waals surface area contributed by atoms with Crippen molar-refractivity contribution in [3.63, 3.8) is 0 Å². The molecule has 0 aliphatic carbocycles. The molecule has 8 N–H and O–H groups in total. The molecule has 1 fully saturated rings. The maximum Gasteiger partial charge on any atom is 0.249 e. The topological polar surface area (TPSA) is 189 Å². The summed E-state index contributed by atoms with van der Waals surface area (Å²) in [6, 6.07) is -1.16. The summed E-state index contributed by atoms with van der Waals surface area (Å²) in [5.74, 6) is -0.699. The van der Waals surface area contributed by atoms with Crippen molar-refractivity contribution in [2.24, 2.45) is 0 Å². The highest BCUT2D eigenvalue weighted by Crippen LogP contribution is 2.23. The van der Waals surface area contributed by atoms with E-state index in [1.54, 1.807) is 0 Å². The van der Waals surface area contributed by atoms with Crippen molar-refractivity contribution in [2.75, 3.05) is 13.2 Å². The van der Waals surface area contributed by atoms with Crippen molar-refractivity contribution in [1.29, 1.82) is 0 Å². The van der Waals surface area contributed by atoms with Crippen molar-refractivity contribution >= 4 is 5.91 Å². The molecular weight excluding hydrogens is 847 g/mol. The summed E-state index contributed by atoms with van der Waals surface area (Å²) in [5, 5.41) is 75.4. The number of hydrogen-bond acceptors (Lipinski definition) is 10. The Kier molecular flexibility index (Phi) is 43.4. The van der Waals surface area contributed by atoms with E-state index in [4.69, 9.17) is 9.47 Å². The van der Waals surface area contributed by atoms with Gasteiger partial charge in [-0.15, -0.1) is 0 Å². The Morgan fingerprint density at radius 3 is 1.33 bits per heavy atom. The average Bonchev–Trinajstić information content (AvgIpc) is 3.33. The van der Waals surface area contributed by atoms with Crippen LogP contribution in [-0.2, 0) is 14.3 Å². The van der Waals surface area contributed by atoms with Crippen LogP contribution in [0.5, 0.6) is 0 Å². The zero-order valence-corrected chi connectivity index (χ0v) is 43.1. The summed E-state index contributed by atoms with van der Waals surface area (Å²) in [4.78, 5) is 13.1. The third kappa shape index (κ3) is 34.5. The van der Waals surface area contributed by atoms with Gasteiger partial charge in [-0.3, -0.25) is 4.79 Å². The molecule has 0 radical (unpaired) electrons. The Labute approximate surface area is 410 Å². The maximum atomic E-state index is 13.1. The van der Waals surface area contributed by atoms with Crippen molar-refractivity contribution in [3.8, 4) is 0 Å². The number of amides is 1. The van der Waals surface area contributed by atoms with Crippen LogP contribution in [-0.4, -0.2) is 110 Å². The normalized spacial score (nSPS) is 20.8. The minimum Gasteiger partial charge on any atom is -0.394 e. The van der Waals surface area contributed by atoms with Gasteiger partial charge in [0.05, 0.1) is 25.4 Å². The Morgan fingerprint density at radius 1 is 0.522 bits per heavy atom. The van der Waals surface area contributed by atoms with Gasteiger partial charge in [0, 0.05) is 0 Å². The molecule has 67 heavy (non-hydrogen) atoms. The first-order valence-electron chi connectivity index (χ1n) is 28.2. The molecule has 11 nitrogen and oxygen atoms in total. The summed E-state index contributed by atoms with van der Waals surface area (Å²) >= 11 is 0. The number of unbranched alkanes of at least 4 members (excludes halogenated alkanes) is 32. The largest absolute Gasteiger partial charge is 0.394 e. The number of aliphatic hydroxyl groups is 7. The molecule has 0 bridgehead atoms. The molecule has 0 aromatic carbocycles. The predicted octanol–water partition coefficient (Wildman–Crippen LogP) is 11.3. The lowest BCUT2D eigenvalue weighted by molar-refractivity contribution is -0.303. The van der Waals surface area contributed by atoms with Gasteiger partial charge in [-0.05, 0) is 44.9 Å². The van der Waals surface area contributed by atoms with E-state index >= 15 is 0 Å². The number of nitrogens with one attached hydrogen (secondary N) is 1. The first-order valence-corrected chi connectivity index (χ1v) is 28.2. The van der Waals surface area contributed by atoms with Gasteiger partial charge in [0.1, 0.15) is 36.6 Å². The first-order chi connectivity index (χ1) is 32.7. The summed E-state index contributed by atoms with van der Waals surface area (Å²) in [6.45, 7) is 3.37. The van der Waals surface area contributed by atoms with Crippen LogP contribution in [0.1, 0.15) is 258 Å². The smallest absolute Gasteiger partial charge is 0.249 e. The lowest BCUT2D eigenvalue weighted by Gasteiger charge is -2.40. The summed E-state index contributed by atoms with van der Waals surface area (Å²) in [7, 11) is 0. The molecule has 9 atom stereocenters. The van der Waals surface area contributed by atoms with E-state index in [0.717, 1.165) is 57.8 Å². The number of carbonyl (C=O) groups is 1. The molecule has 1 aliphatic heterocycles. The second-order valence-electron chi connectivity index (χ2n) is 20.0. The van der Waals surface area contributed by atoms with Gasteiger partial charge in [-0.25, -0.2) is 0 Å². The highest BCUT2D eigenvalue weighted by atomic mass is 16.7. The van der Waals surface area contributed by atoms with E-state index in [-0.39, 0.29) is 6.42 Å². The average molecular weight is 954 g/mol. The lowest BCUT2D eigenvalue weighted by atomic mass is 9.98. The summed E-state index contributed by atoms with van der Waals surface area (Å²) < 4.78 is 11.1. The summed E-state index contributed by atoms with van der Waals surface area (Å²) in [5.41, 5.74) is 0. The Bertz CT molecular complexity index is 1140. The fourth-order valence-corrected chi connectivity index (χ4v) is 9.12. The quantitative estimate of drug-likeness (QED) is 0.0215. The molecule has 0 aromatic heterocycles. The van der Waals surface area contributed by atoms with Crippen molar-refractivity contribution in [2.45, 2.75) is 313 Å². The molecule has 1 amide bonds. The van der Waals surface area contributed by atoms with Crippen LogP contribution in [0, 0.1) is 0 Å². The molecule has 0 aromatic rings. The van der Waals surface area contributed by atoms with E-state index in [1.165, 1.54) is 161 Å². The zero-order valence-electron chi connectivity index (χ0n) is 43.1. The van der Waals surface area contributed by atoms with Crippen LogP contribution in [0.15, 0.2) is 24.3 Å². The predicted molar refractivity (Wildman–Crippen MR) is 275 cm³/mol. The van der Waals surface area contributed by atoms with Crippen molar-refractivity contribution in [3.05, 3.63) is 24.3 Å². The van der Waals surface area contributed by atoms with Crippen LogP contribution in [0.2, 0.25) is 0 Å². The summed E-state index contributed by atoms with van der Waals surface area (Å²) in [6.07, 6.45) is 43.2. The first kappa shape index (κ1) is 63.6. The number of allylic oxidation sites excluding steroid dienone is 4. The molecule has 9 unspecified atom stereocenters.